The Morgan fingerprint density at radius 1 is 1.19 bits per heavy atom. The number of hydrogen-bond donors (Lipinski definition) is 3. The van der Waals surface area contributed by atoms with Crippen LogP contribution in [0.3, 0.4) is 0 Å². The number of aromatic amines is 1. The van der Waals surface area contributed by atoms with Gasteiger partial charge in [0.05, 0.1) is 17.6 Å². The smallest absolute Gasteiger partial charge is 0.413 e. The molecule has 3 aromatic rings. The number of aliphatic hydroxyl groups excluding tert-OH is 1. The first-order valence-corrected chi connectivity index (χ1v) is 9.72. The van der Waals surface area contributed by atoms with Crippen LogP contribution in [0.15, 0.2) is 57.7 Å². The molecule has 0 spiro atoms. The molecule has 0 saturated heterocycles. The Bertz CT molecular complexity index is 1130. The Hall–Kier alpha value is -3.65. The summed E-state index contributed by atoms with van der Waals surface area (Å²) < 4.78 is 10.9. The minimum Gasteiger partial charge on any atom is -0.453 e. The van der Waals surface area contributed by atoms with Crippen LogP contribution < -0.4 is 5.32 Å². The molecule has 0 atom stereocenters. The number of amides is 1. The molecule has 0 radical (unpaired) electrons. The number of ketones is 1. The molecule has 0 fully saturated rings. The van der Waals surface area contributed by atoms with Crippen molar-refractivity contribution in [3.63, 3.8) is 0 Å². The molecule has 1 aliphatic rings. The highest BCUT2D eigenvalue weighted by atomic mass is 16.6. The van der Waals surface area contributed by atoms with Crippen LogP contribution >= 0.6 is 0 Å². The molecule has 4 rings (SSSR count). The van der Waals surface area contributed by atoms with Crippen molar-refractivity contribution in [3.05, 3.63) is 71.0 Å². The highest BCUT2D eigenvalue weighted by Crippen LogP contribution is 2.23. The number of aliphatic imine (C=N–C) groups is 1. The summed E-state index contributed by atoms with van der Waals surface area (Å²) in [6.45, 7) is 5.38. The maximum atomic E-state index is 12.8. The van der Waals surface area contributed by atoms with Crippen molar-refractivity contribution in [1.82, 2.24) is 10.3 Å². The molecule has 0 aliphatic carbocycles. The number of rotatable bonds is 3. The number of allylic oxidation sites excluding steroid dienone is 1. The molecule has 162 valence electrons. The van der Waals surface area contributed by atoms with Crippen LogP contribution in [0.5, 0.6) is 0 Å². The van der Waals surface area contributed by atoms with Gasteiger partial charge in [0.15, 0.2) is 5.76 Å². The minimum absolute atomic E-state index is 0.223. The Kier molecular flexibility index (Phi) is 6.41. The van der Waals surface area contributed by atoms with Gasteiger partial charge in [0, 0.05) is 12.5 Å². The van der Waals surface area contributed by atoms with E-state index in [1.807, 2.05) is 24.3 Å². The molecule has 2 aromatic heterocycles. The predicted molar refractivity (Wildman–Crippen MR) is 117 cm³/mol. The molecule has 1 aliphatic heterocycles. The van der Waals surface area contributed by atoms with Gasteiger partial charge in [-0.25, -0.2) is 9.79 Å². The number of nitrogens with one attached hydrogen (secondary N) is 2. The fraction of sp³-hybridized carbons (Fsp3) is 0.261. The van der Waals surface area contributed by atoms with E-state index in [4.69, 9.17) is 14.3 Å². The summed E-state index contributed by atoms with van der Waals surface area (Å²) in [6, 6.07) is 11.0. The van der Waals surface area contributed by atoms with Gasteiger partial charge in [-0.15, -0.1) is 0 Å². The van der Waals surface area contributed by atoms with Gasteiger partial charge in [0.25, 0.3) is 0 Å². The number of alkyl carbamates (subject to hydrolysis) is 1. The van der Waals surface area contributed by atoms with E-state index in [9.17, 15) is 9.59 Å². The van der Waals surface area contributed by atoms with Crippen molar-refractivity contribution in [2.45, 2.75) is 32.8 Å². The third-order valence-corrected chi connectivity index (χ3v) is 4.30. The zero-order valence-electron chi connectivity index (χ0n) is 17.9. The number of ether oxygens (including phenoxy) is 1. The van der Waals surface area contributed by atoms with Crippen LogP contribution in [-0.4, -0.2) is 40.9 Å². The quantitative estimate of drug-likeness (QED) is 0.552. The summed E-state index contributed by atoms with van der Waals surface area (Å²) >= 11 is 0. The molecule has 8 heteroatoms. The SMILES string of the molecule is CC(C)(C)OC(=O)NC1=CCc2cc(C(=O)c3cc4ccccc4o3)[nH]c2C=N1.CO. The number of carbonyl (C=O) groups is 2. The first kappa shape index (κ1) is 22.0. The number of benzene rings is 1. The Morgan fingerprint density at radius 3 is 2.65 bits per heavy atom. The standard InChI is InChI=1S/C22H21N3O4.CH4O/c1-22(2,3)29-21(27)25-19-9-8-13-10-15(24-16(13)12-23-19)20(26)18-11-14-6-4-5-7-17(14)28-18;1-2/h4-7,9-12,24H,8H2,1-3H3,(H,25,27);2H,1H3. The highest BCUT2D eigenvalue weighted by Gasteiger charge is 2.20. The molecule has 0 unspecified atom stereocenters. The third kappa shape index (κ3) is 5.29. The Labute approximate surface area is 179 Å². The van der Waals surface area contributed by atoms with E-state index in [1.165, 1.54) is 0 Å². The third-order valence-electron chi connectivity index (χ3n) is 4.30. The van der Waals surface area contributed by atoms with Crippen LogP contribution in [0.25, 0.3) is 11.0 Å². The lowest BCUT2D eigenvalue weighted by Crippen LogP contribution is -2.31. The molecule has 1 amide bonds. The van der Waals surface area contributed by atoms with Gasteiger partial charge >= 0.3 is 6.09 Å². The van der Waals surface area contributed by atoms with E-state index in [0.29, 0.717) is 29.2 Å². The highest BCUT2D eigenvalue weighted by molar-refractivity contribution is 6.08. The lowest BCUT2D eigenvalue weighted by atomic mass is 10.1. The van der Waals surface area contributed by atoms with E-state index in [0.717, 1.165) is 18.1 Å². The van der Waals surface area contributed by atoms with Crippen molar-refractivity contribution >= 4 is 29.1 Å². The van der Waals surface area contributed by atoms with Crippen LogP contribution in [0.4, 0.5) is 4.79 Å². The van der Waals surface area contributed by atoms with E-state index < -0.39 is 11.7 Å². The van der Waals surface area contributed by atoms with Gasteiger partial charge in [-0.1, -0.05) is 18.2 Å². The van der Waals surface area contributed by atoms with E-state index in [-0.39, 0.29) is 11.5 Å². The minimum atomic E-state index is -0.588. The first-order valence-electron chi connectivity index (χ1n) is 9.72. The molecule has 1 aromatic carbocycles. The molecule has 3 N–H and O–H groups in total. The van der Waals surface area contributed by atoms with Crippen molar-refractivity contribution in [3.8, 4) is 0 Å². The maximum Gasteiger partial charge on any atom is 0.413 e. The molecular formula is C23H25N3O5. The van der Waals surface area contributed by atoms with Crippen LogP contribution in [0.2, 0.25) is 0 Å². The predicted octanol–water partition coefficient (Wildman–Crippen LogP) is 3.94. The van der Waals surface area contributed by atoms with E-state index in [1.54, 1.807) is 45.2 Å². The molecule has 8 nitrogen and oxygen atoms in total. The van der Waals surface area contributed by atoms with Crippen molar-refractivity contribution < 1.29 is 23.8 Å². The van der Waals surface area contributed by atoms with Crippen LogP contribution in [0, 0.1) is 0 Å². The van der Waals surface area contributed by atoms with Gasteiger partial charge in [0.1, 0.15) is 17.0 Å². The number of hydrogen-bond acceptors (Lipinski definition) is 6. The lowest BCUT2D eigenvalue weighted by Gasteiger charge is -2.19. The number of fused-ring (bicyclic) bond motifs is 2. The normalized spacial score (nSPS) is 12.9. The molecule has 31 heavy (non-hydrogen) atoms. The summed E-state index contributed by atoms with van der Waals surface area (Å²) in [5.41, 5.74) is 2.12. The number of carbonyl (C=O) groups excluding carboxylic acids is 2. The fourth-order valence-electron chi connectivity index (χ4n) is 3.03. The van der Waals surface area contributed by atoms with Crippen molar-refractivity contribution in [1.29, 1.82) is 0 Å². The molecule has 3 heterocycles. The number of aliphatic hydroxyl groups is 1. The molecule has 0 bridgehead atoms. The zero-order valence-corrected chi connectivity index (χ0v) is 17.9. The van der Waals surface area contributed by atoms with E-state index >= 15 is 0 Å². The van der Waals surface area contributed by atoms with Gasteiger partial charge in [0.2, 0.25) is 5.78 Å². The van der Waals surface area contributed by atoms with Gasteiger partial charge in [-0.05, 0) is 57.0 Å². The average molecular weight is 423 g/mol. The largest absolute Gasteiger partial charge is 0.453 e. The van der Waals surface area contributed by atoms with Crippen LogP contribution in [-0.2, 0) is 11.2 Å². The first-order chi connectivity index (χ1) is 14.8. The number of furan rings is 1. The zero-order chi connectivity index (χ0) is 22.6. The Morgan fingerprint density at radius 2 is 1.94 bits per heavy atom. The van der Waals surface area contributed by atoms with Crippen molar-refractivity contribution in [2.75, 3.05) is 7.11 Å². The number of nitrogens with zero attached hydrogens (tertiary/aromatic N) is 1. The molecule has 0 saturated carbocycles. The summed E-state index contributed by atoms with van der Waals surface area (Å²) in [5.74, 6) is 0.454. The van der Waals surface area contributed by atoms with Gasteiger partial charge in [-0.2, -0.15) is 0 Å². The lowest BCUT2D eigenvalue weighted by molar-refractivity contribution is 0.0545. The van der Waals surface area contributed by atoms with Gasteiger partial charge in [-0.3, -0.25) is 10.1 Å². The average Bonchev–Trinajstić information content (AvgIpc) is 3.29. The number of H-pyrrole nitrogens is 1. The Balaban J connectivity index is 0.00000132. The summed E-state index contributed by atoms with van der Waals surface area (Å²) in [4.78, 5) is 32.1. The molecular weight excluding hydrogens is 398 g/mol. The maximum absolute atomic E-state index is 12.8. The van der Waals surface area contributed by atoms with E-state index in [2.05, 4.69) is 15.3 Å². The number of aromatic nitrogens is 1. The van der Waals surface area contributed by atoms with Crippen LogP contribution in [0.1, 0.15) is 48.3 Å². The fourth-order valence-corrected chi connectivity index (χ4v) is 3.03. The second-order valence-corrected chi connectivity index (χ2v) is 7.78. The summed E-state index contributed by atoms with van der Waals surface area (Å²) in [6.07, 6.45) is 3.30. The monoisotopic (exact) mass is 423 g/mol. The second-order valence-electron chi connectivity index (χ2n) is 7.78. The van der Waals surface area contributed by atoms with Crippen molar-refractivity contribution in [2.24, 2.45) is 4.99 Å². The summed E-state index contributed by atoms with van der Waals surface area (Å²) in [7, 11) is 1.00. The van der Waals surface area contributed by atoms with Gasteiger partial charge < -0.3 is 19.2 Å². The topological polar surface area (TPSA) is 117 Å². The number of para-hydroxylation sites is 1. The summed E-state index contributed by atoms with van der Waals surface area (Å²) in [5, 5.41) is 10.5. The second kappa shape index (κ2) is 9.01.